The minimum Gasteiger partial charge on any atom is -1.00 e. The molecule has 306 valence electrons. The van der Waals surface area contributed by atoms with Crippen LogP contribution in [0.1, 0.15) is 106 Å². The van der Waals surface area contributed by atoms with E-state index in [0.717, 1.165) is 10.8 Å². The molecule has 0 aromatic rings. The molecule has 4 aliphatic carbocycles. The first-order valence-corrected chi connectivity index (χ1v) is 19.7. The van der Waals surface area contributed by atoms with Gasteiger partial charge in [0.1, 0.15) is 5.78 Å². The summed E-state index contributed by atoms with van der Waals surface area (Å²) in [6.07, 6.45) is 2.60. The third kappa shape index (κ3) is 24.6. The average Bonchev–Trinajstić information content (AvgIpc) is 3.80. The number of hydrogen-bond donors (Lipinski definition) is 1. The van der Waals surface area contributed by atoms with Crippen molar-refractivity contribution in [3.05, 3.63) is 0 Å². The van der Waals surface area contributed by atoms with Crippen LogP contribution in [0.4, 0.5) is 38.0 Å². The Morgan fingerprint density at radius 1 is 0.788 bits per heavy atom. The Bertz CT molecular complexity index is 1000. The molecular formula is C32H57AlF9ILiNO6S. The topological polar surface area (TPSA) is 93.1 Å². The Morgan fingerprint density at radius 3 is 1.44 bits per heavy atom. The summed E-state index contributed by atoms with van der Waals surface area (Å²) in [5.74, 6) is -8.60. The molecule has 52 heavy (non-hydrogen) atoms. The van der Waals surface area contributed by atoms with E-state index in [-0.39, 0.29) is 138 Å². The summed E-state index contributed by atoms with van der Waals surface area (Å²) in [6.45, 7) is 7.17. The van der Waals surface area contributed by atoms with E-state index in [9.17, 15) is 52.4 Å². The zero-order chi connectivity index (χ0) is 38.8. The molecule has 0 aliphatic heterocycles. The van der Waals surface area contributed by atoms with E-state index in [2.05, 4.69) is 27.3 Å². The monoisotopic (exact) mass is 915 g/mol. The van der Waals surface area contributed by atoms with Gasteiger partial charge in [-0.2, -0.15) is 4.31 Å². The predicted octanol–water partition coefficient (Wildman–Crippen LogP) is 5.81. The second-order valence-corrected chi connectivity index (χ2v) is 14.7. The van der Waals surface area contributed by atoms with Crippen molar-refractivity contribution in [2.75, 3.05) is 37.3 Å². The molecule has 4 aliphatic rings. The molecule has 4 saturated carbocycles. The van der Waals surface area contributed by atoms with Gasteiger partial charge in [0.15, 0.2) is 17.4 Å². The van der Waals surface area contributed by atoms with Crippen molar-refractivity contribution in [2.24, 2.45) is 23.7 Å². The van der Waals surface area contributed by atoms with Gasteiger partial charge in [-0.05, 0) is 51.4 Å². The number of hydrogen-bond acceptors (Lipinski definition) is 7. The van der Waals surface area contributed by atoms with E-state index in [1.54, 1.807) is 13.8 Å². The van der Waals surface area contributed by atoms with E-state index in [1.165, 1.54) is 13.8 Å². The number of ketones is 1. The number of esters is 2. The fourth-order valence-corrected chi connectivity index (χ4v) is 6.91. The van der Waals surface area contributed by atoms with E-state index in [1.807, 2.05) is 0 Å². The number of halogens is 10. The second-order valence-electron chi connectivity index (χ2n) is 12.5. The van der Waals surface area contributed by atoms with E-state index in [4.69, 9.17) is 9.84 Å². The minimum absolute atomic E-state index is 0. The van der Waals surface area contributed by atoms with Gasteiger partial charge in [-0.1, -0.05) is 36.4 Å². The number of alkyl halides is 7. The fraction of sp³-hybridized carbons (Fsp3) is 0.906. The third-order valence-corrected chi connectivity index (χ3v) is 10.7. The summed E-state index contributed by atoms with van der Waals surface area (Å²) in [4.78, 5) is 32.7. The summed E-state index contributed by atoms with van der Waals surface area (Å²) in [5, 5.41) is 8.46. The summed E-state index contributed by atoms with van der Waals surface area (Å²) < 4.78 is 120. The van der Waals surface area contributed by atoms with Gasteiger partial charge in [-0.25, -0.2) is 26.3 Å². The largest absolute Gasteiger partial charge is 1.00 e. The zero-order valence-corrected chi connectivity index (χ0v) is 33.1. The van der Waals surface area contributed by atoms with Crippen LogP contribution in [0.2, 0.25) is 0 Å². The summed E-state index contributed by atoms with van der Waals surface area (Å²) >= 11 is -2.76. The standard InChI is InChI=1S/C8H12F2O2.C8H12O3.C6H9F2I.C6H10F2O.C4H10F3NS.Al.Li.4H/c1-2-12-7(11)6-3-4-8(9,10)5-6;1-2-11-8(10)6-3-4-7(9)5-6;2*7-6(8)2-1-5(3-6)4-9;1-3-8(4-2)9(5,6)7;;;;;;/h6H,2-5H2,1H3;6H,2-5H2,1H3;5H,1-4H2;5,9H,1-4H2;3-4H2,1-2H3;;;;;;/q;;;;;;+1;;;;-1. The van der Waals surface area contributed by atoms with Gasteiger partial charge >= 0.3 is 30.8 Å². The first kappa shape index (κ1) is 56.4. The van der Waals surface area contributed by atoms with Crippen LogP contribution in [0.3, 0.4) is 0 Å². The van der Waals surface area contributed by atoms with Crippen LogP contribution in [-0.2, 0) is 23.9 Å². The number of ether oxygens (including phenoxy) is 2. The van der Waals surface area contributed by atoms with Crippen LogP contribution >= 0.6 is 34.0 Å². The zero-order valence-electron chi connectivity index (χ0n) is 31.2. The Balaban J connectivity index is -0.000000281. The van der Waals surface area contributed by atoms with Crippen LogP contribution in [0.5, 0.6) is 0 Å². The van der Waals surface area contributed by atoms with Gasteiger partial charge in [0.25, 0.3) is 11.4 Å². The number of aliphatic hydroxyl groups is 1. The molecule has 0 bridgehead atoms. The van der Waals surface area contributed by atoms with Crippen molar-refractivity contribution in [1.82, 2.24) is 4.31 Å². The Kier molecular flexibility index (Phi) is 30.0. The van der Waals surface area contributed by atoms with Crippen molar-refractivity contribution in [3.8, 4) is 0 Å². The van der Waals surface area contributed by atoms with Crippen LogP contribution in [0.25, 0.3) is 0 Å². The van der Waals surface area contributed by atoms with Crippen molar-refractivity contribution in [3.63, 3.8) is 0 Å². The van der Waals surface area contributed by atoms with Gasteiger partial charge < -0.3 is 16.0 Å². The van der Waals surface area contributed by atoms with Gasteiger partial charge in [0.2, 0.25) is 17.8 Å². The van der Waals surface area contributed by atoms with Crippen molar-refractivity contribution in [2.45, 2.75) is 123 Å². The van der Waals surface area contributed by atoms with E-state index < -0.39 is 41.0 Å². The van der Waals surface area contributed by atoms with Gasteiger partial charge in [-0.3, -0.25) is 14.4 Å². The molecule has 0 aromatic heterocycles. The van der Waals surface area contributed by atoms with Crippen LogP contribution in [0, 0.1) is 23.7 Å². The Hall–Kier alpha value is 0.110. The van der Waals surface area contributed by atoms with E-state index in [0.29, 0.717) is 36.6 Å². The van der Waals surface area contributed by atoms with Gasteiger partial charge in [-0.15, -0.1) is 11.7 Å². The maximum absolute atomic E-state index is 12.6. The first-order chi connectivity index (χ1) is 23.1. The number of nitrogens with zero attached hydrogens (tertiary/aromatic N) is 1. The van der Waals surface area contributed by atoms with Crippen LogP contribution in [0.15, 0.2) is 0 Å². The first-order valence-electron chi connectivity index (χ1n) is 16.9. The molecule has 4 atom stereocenters. The predicted molar refractivity (Wildman–Crippen MR) is 193 cm³/mol. The molecular weight excluding hydrogens is 858 g/mol. The summed E-state index contributed by atoms with van der Waals surface area (Å²) in [6, 6.07) is 0. The smallest absolute Gasteiger partial charge is 1.00 e. The molecule has 0 spiro atoms. The van der Waals surface area contributed by atoms with Crippen molar-refractivity contribution < 1.29 is 87.3 Å². The molecule has 0 aromatic carbocycles. The van der Waals surface area contributed by atoms with Gasteiger partial charge in [0, 0.05) is 75.5 Å². The number of carbonyl (C=O) groups is 3. The average molecular weight is 916 g/mol. The minimum atomic E-state index is -4.93. The normalized spacial score (nSPS) is 25.2. The second kappa shape index (κ2) is 27.7. The molecule has 20 heteroatoms. The number of Topliss-reactive ketones (excluding diaryl/α,β-unsaturated/α-hetero) is 1. The summed E-state index contributed by atoms with van der Waals surface area (Å²) in [5.41, 5.74) is 0. The maximum atomic E-state index is 12.6. The van der Waals surface area contributed by atoms with E-state index >= 15 is 0 Å². The number of rotatable bonds is 9. The Labute approximate surface area is 342 Å². The molecule has 0 saturated heterocycles. The fourth-order valence-electron chi connectivity index (χ4n) is 5.57. The van der Waals surface area contributed by atoms with Crippen molar-refractivity contribution in [1.29, 1.82) is 0 Å². The van der Waals surface area contributed by atoms with Crippen LogP contribution in [-0.4, -0.2) is 99.6 Å². The molecule has 7 nitrogen and oxygen atoms in total. The molecule has 1 N–H and O–H groups in total. The quantitative estimate of drug-likeness (QED) is 0.103. The maximum Gasteiger partial charge on any atom is 1.00 e. The summed E-state index contributed by atoms with van der Waals surface area (Å²) in [7, 11) is 0. The molecule has 4 rings (SSSR count). The molecule has 0 amide bonds. The molecule has 4 fully saturated rings. The molecule has 0 heterocycles. The van der Waals surface area contributed by atoms with Crippen molar-refractivity contribution >= 4 is 69.0 Å². The molecule has 4 unspecified atom stereocenters. The number of aliphatic hydroxyl groups excluding tert-OH is 1. The SMILES string of the molecule is CCN(CC)S(F)(F)F.CCOC(=O)C1CCC(=O)C1.CCOC(=O)C1CCC(F)(F)C1.FC1(F)CCC(CI)C1.OCC1CCC(F)(F)C1.[AlH3].[H-].[Li+]. The molecule has 0 radical (unpaired) electrons. The van der Waals surface area contributed by atoms with Crippen LogP contribution < -0.4 is 18.9 Å². The number of carbonyl (C=O) groups excluding carboxylic acids is 3. The third-order valence-electron chi connectivity index (χ3n) is 8.38. The Morgan fingerprint density at radius 2 is 1.21 bits per heavy atom. The van der Waals surface area contributed by atoms with Gasteiger partial charge in [0.05, 0.1) is 25.0 Å².